The molecule has 21 heavy (non-hydrogen) atoms. The summed E-state index contributed by atoms with van der Waals surface area (Å²) in [5.74, 6) is -0.397. The highest BCUT2D eigenvalue weighted by Gasteiger charge is 2.33. The van der Waals surface area contributed by atoms with Crippen LogP contribution in [0.5, 0.6) is 0 Å². The molecule has 0 bridgehead atoms. The van der Waals surface area contributed by atoms with Gasteiger partial charge in [-0.3, -0.25) is 14.9 Å². The van der Waals surface area contributed by atoms with Gasteiger partial charge in [0.15, 0.2) is 0 Å². The van der Waals surface area contributed by atoms with Crippen LogP contribution in [0.2, 0.25) is 0 Å². The van der Waals surface area contributed by atoms with Crippen molar-refractivity contribution in [2.24, 2.45) is 0 Å². The van der Waals surface area contributed by atoms with E-state index in [1.54, 1.807) is 26.1 Å². The van der Waals surface area contributed by atoms with Crippen LogP contribution in [0.25, 0.3) is 0 Å². The van der Waals surface area contributed by atoms with Gasteiger partial charge in [0.2, 0.25) is 0 Å². The van der Waals surface area contributed by atoms with Gasteiger partial charge in [-0.25, -0.2) is 0 Å². The SMILES string of the molecule is Cc1cccc([N+](=O)[O-])c1C(=O)N(C)C1CCCCC1O. The highest BCUT2D eigenvalue weighted by atomic mass is 16.6. The van der Waals surface area contributed by atoms with Gasteiger partial charge in [-0.05, 0) is 25.3 Å². The molecule has 114 valence electrons. The van der Waals surface area contributed by atoms with Gasteiger partial charge in [0.05, 0.1) is 17.1 Å². The second kappa shape index (κ2) is 6.22. The number of nitro groups is 1. The molecule has 1 N–H and O–H groups in total. The van der Waals surface area contributed by atoms with Crippen molar-refractivity contribution in [3.63, 3.8) is 0 Å². The molecule has 2 unspecified atom stereocenters. The number of benzene rings is 1. The summed E-state index contributed by atoms with van der Waals surface area (Å²) in [6.45, 7) is 1.69. The molecular formula is C15H20N2O4. The lowest BCUT2D eigenvalue weighted by Crippen LogP contribution is -2.46. The van der Waals surface area contributed by atoms with Crippen LogP contribution in [-0.2, 0) is 0 Å². The Morgan fingerprint density at radius 3 is 2.67 bits per heavy atom. The van der Waals surface area contributed by atoms with Gasteiger partial charge in [-0.1, -0.05) is 25.0 Å². The number of nitrogens with zero attached hydrogens (tertiary/aromatic N) is 2. The molecule has 0 spiro atoms. The van der Waals surface area contributed by atoms with E-state index in [9.17, 15) is 20.0 Å². The zero-order chi connectivity index (χ0) is 15.6. The third-order valence-corrected chi connectivity index (χ3v) is 4.17. The Balaban J connectivity index is 2.33. The first-order valence-electron chi connectivity index (χ1n) is 7.12. The minimum atomic E-state index is -0.559. The average Bonchev–Trinajstić information content (AvgIpc) is 2.46. The summed E-state index contributed by atoms with van der Waals surface area (Å²) in [5, 5.41) is 21.2. The largest absolute Gasteiger partial charge is 0.391 e. The molecule has 0 aliphatic heterocycles. The highest BCUT2D eigenvalue weighted by Crippen LogP contribution is 2.27. The first kappa shape index (κ1) is 15.4. The van der Waals surface area contributed by atoms with Gasteiger partial charge >= 0.3 is 0 Å². The molecular weight excluding hydrogens is 272 g/mol. The molecule has 2 atom stereocenters. The summed E-state index contributed by atoms with van der Waals surface area (Å²) in [6, 6.07) is 4.32. The molecule has 2 rings (SSSR count). The van der Waals surface area contributed by atoms with E-state index in [1.807, 2.05) is 0 Å². The van der Waals surface area contributed by atoms with Crippen LogP contribution in [0.3, 0.4) is 0 Å². The lowest BCUT2D eigenvalue weighted by Gasteiger charge is -2.35. The van der Waals surface area contributed by atoms with E-state index < -0.39 is 16.9 Å². The van der Waals surface area contributed by atoms with E-state index in [-0.39, 0.29) is 17.3 Å². The molecule has 1 fully saturated rings. The quantitative estimate of drug-likeness (QED) is 0.684. The Kier molecular flexibility index (Phi) is 4.57. The lowest BCUT2D eigenvalue weighted by molar-refractivity contribution is -0.385. The van der Waals surface area contributed by atoms with Gasteiger partial charge in [-0.2, -0.15) is 0 Å². The van der Waals surface area contributed by atoms with Crippen LogP contribution < -0.4 is 0 Å². The van der Waals surface area contributed by atoms with Crippen molar-refractivity contribution in [3.8, 4) is 0 Å². The molecule has 0 radical (unpaired) electrons. The predicted octanol–water partition coefficient (Wildman–Crippen LogP) is 2.28. The fraction of sp³-hybridized carbons (Fsp3) is 0.533. The highest BCUT2D eigenvalue weighted by molar-refractivity contribution is 5.99. The van der Waals surface area contributed by atoms with Gasteiger partial charge in [0.25, 0.3) is 11.6 Å². The predicted molar refractivity (Wildman–Crippen MR) is 78.2 cm³/mol. The summed E-state index contributed by atoms with van der Waals surface area (Å²) in [7, 11) is 1.61. The molecule has 1 aromatic carbocycles. The van der Waals surface area contributed by atoms with E-state index >= 15 is 0 Å². The Hall–Kier alpha value is -1.95. The smallest absolute Gasteiger partial charge is 0.282 e. The first-order chi connectivity index (χ1) is 9.93. The van der Waals surface area contributed by atoms with Crippen molar-refractivity contribution in [2.45, 2.75) is 44.8 Å². The molecule has 1 saturated carbocycles. The number of amides is 1. The second-order valence-corrected chi connectivity index (χ2v) is 5.56. The minimum Gasteiger partial charge on any atom is -0.391 e. The summed E-state index contributed by atoms with van der Waals surface area (Å²) in [6.07, 6.45) is 2.73. The van der Waals surface area contributed by atoms with Crippen LogP contribution in [0.15, 0.2) is 18.2 Å². The zero-order valence-corrected chi connectivity index (χ0v) is 12.3. The Labute approximate surface area is 123 Å². The number of hydrogen-bond acceptors (Lipinski definition) is 4. The standard InChI is InChI=1S/C15H20N2O4/c1-10-6-5-8-12(17(20)21)14(10)15(19)16(2)11-7-3-4-9-13(11)18/h5-6,8,11,13,18H,3-4,7,9H2,1-2H3. The number of nitro benzene ring substituents is 1. The average molecular weight is 292 g/mol. The topological polar surface area (TPSA) is 83.7 Å². The third-order valence-electron chi connectivity index (χ3n) is 4.17. The molecule has 0 saturated heterocycles. The van der Waals surface area contributed by atoms with Crippen LogP contribution in [0.1, 0.15) is 41.6 Å². The first-order valence-corrected chi connectivity index (χ1v) is 7.12. The summed E-state index contributed by atoms with van der Waals surface area (Å²) < 4.78 is 0. The van der Waals surface area contributed by atoms with E-state index in [0.29, 0.717) is 12.0 Å². The fourth-order valence-corrected chi connectivity index (χ4v) is 2.95. The third kappa shape index (κ3) is 3.05. The maximum atomic E-state index is 12.6. The monoisotopic (exact) mass is 292 g/mol. The van der Waals surface area contributed by atoms with Crippen molar-refractivity contribution in [1.29, 1.82) is 0 Å². The maximum absolute atomic E-state index is 12.6. The lowest BCUT2D eigenvalue weighted by atomic mass is 9.91. The number of hydrogen-bond donors (Lipinski definition) is 1. The van der Waals surface area contributed by atoms with Gasteiger partial charge in [0.1, 0.15) is 5.56 Å². The Bertz CT molecular complexity index is 559. The van der Waals surface area contributed by atoms with Crippen molar-refractivity contribution in [2.75, 3.05) is 7.05 Å². The van der Waals surface area contributed by atoms with Crippen molar-refractivity contribution >= 4 is 11.6 Å². The van der Waals surface area contributed by atoms with Gasteiger partial charge < -0.3 is 10.0 Å². The van der Waals surface area contributed by atoms with Crippen LogP contribution in [-0.4, -0.2) is 40.0 Å². The minimum absolute atomic E-state index is 0.114. The van der Waals surface area contributed by atoms with E-state index in [0.717, 1.165) is 19.3 Å². The number of aliphatic hydroxyl groups is 1. The number of aryl methyl sites for hydroxylation is 1. The van der Waals surface area contributed by atoms with E-state index in [1.165, 1.54) is 11.0 Å². The van der Waals surface area contributed by atoms with E-state index in [2.05, 4.69) is 0 Å². The molecule has 1 aliphatic carbocycles. The van der Waals surface area contributed by atoms with Crippen LogP contribution >= 0.6 is 0 Å². The number of carbonyl (C=O) groups is 1. The molecule has 1 aromatic rings. The van der Waals surface area contributed by atoms with E-state index in [4.69, 9.17) is 0 Å². The molecule has 6 nitrogen and oxygen atoms in total. The molecule has 0 aromatic heterocycles. The fourth-order valence-electron chi connectivity index (χ4n) is 2.95. The van der Waals surface area contributed by atoms with Crippen LogP contribution in [0, 0.1) is 17.0 Å². The number of carbonyl (C=O) groups excluding carboxylic acids is 1. The van der Waals surface area contributed by atoms with Crippen molar-refractivity contribution in [3.05, 3.63) is 39.4 Å². The second-order valence-electron chi connectivity index (χ2n) is 5.56. The van der Waals surface area contributed by atoms with Gasteiger partial charge in [-0.15, -0.1) is 0 Å². The normalized spacial score (nSPS) is 21.9. The van der Waals surface area contributed by atoms with Crippen molar-refractivity contribution < 1.29 is 14.8 Å². The molecule has 1 aliphatic rings. The van der Waals surface area contributed by atoms with Gasteiger partial charge in [0, 0.05) is 13.1 Å². The number of rotatable bonds is 3. The van der Waals surface area contributed by atoms with Crippen molar-refractivity contribution in [1.82, 2.24) is 4.90 Å². The number of likely N-dealkylation sites (N-methyl/N-ethyl adjacent to an activating group) is 1. The molecule has 1 amide bonds. The summed E-state index contributed by atoms with van der Waals surface area (Å²) in [5.41, 5.74) is 0.506. The number of aliphatic hydroxyl groups excluding tert-OH is 1. The molecule has 0 heterocycles. The summed E-state index contributed by atoms with van der Waals surface area (Å²) >= 11 is 0. The maximum Gasteiger partial charge on any atom is 0.282 e. The Morgan fingerprint density at radius 2 is 2.05 bits per heavy atom. The zero-order valence-electron chi connectivity index (χ0n) is 12.3. The van der Waals surface area contributed by atoms with Crippen LogP contribution in [0.4, 0.5) is 5.69 Å². The Morgan fingerprint density at radius 1 is 1.38 bits per heavy atom. The molecule has 6 heteroatoms. The summed E-state index contributed by atoms with van der Waals surface area (Å²) in [4.78, 5) is 24.7.